The normalized spacial score (nSPS) is 12.3. The Hall–Kier alpha value is -3.42. The van der Waals surface area contributed by atoms with Crippen molar-refractivity contribution in [2.75, 3.05) is 11.9 Å². The Balaban J connectivity index is 1.59. The molecule has 0 saturated carbocycles. The van der Waals surface area contributed by atoms with Gasteiger partial charge >= 0.3 is 5.97 Å². The number of nitrogens with one attached hydrogen (secondary N) is 1. The smallest absolute Gasteiger partial charge is 0.338 e. The molecule has 0 aromatic heterocycles. The van der Waals surface area contributed by atoms with Gasteiger partial charge < -0.3 is 14.8 Å². The Labute approximate surface area is 142 Å². The van der Waals surface area contributed by atoms with E-state index in [4.69, 9.17) is 9.47 Å². The molecule has 0 atom stereocenters. The van der Waals surface area contributed by atoms with Crippen LogP contribution in [0.4, 0.5) is 11.4 Å². The van der Waals surface area contributed by atoms with Gasteiger partial charge in [-0.05, 0) is 37.3 Å². The number of hydrogen-bond acceptors (Lipinski definition) is 6. The largest absolute Gasteiger partial charge is 0.484 e. The number of nitro benzene ring substituents is 1. The molecular formula is C17H14N2O6. The summed E-state index contributed by atoms with van der Waals surface area (Å²) in [5, 5.41) is 13.4. The average molecular weight is 342 g/mol. The number of cyclic esters (lactones) is 1. The zero-order valence-corrected chi connectivity index (χ0v) is 13.3. The maximum atomic E-state index is 12.0. The predicted octanol–water partition coefficient (Wildman–Crippen LogP) is 2.59. The molecule has 0 radical (unpaired) electrons. The number of aryl methyl sites for hydroxylation is 1. The Morgan fingerprint density at radius 1 is 1.32 bits per heavy atom. The lowest BCUT2D eigenvalue weighted by atomic mass is 10.1. The zero-order chi connectivity index (χ0) is 18.0. The van der Waals surface area contributed by atoms with Crippen LogP contribution in [0, 0.1) is 17.0 Å². The average Bonchev–Trinajstić information content (AvgIpc) is 2.93. The Kier molecular flexibility index (Phi) is 4.34. The summed E-state index contributed by atoms with van der Waals surface area (Å²) in [6, 6.07) is 9.16. The van der Waals surface area contributed by atoms with E-state index >= 15 is 0 Å². The van der Waals surface area contributed by atoms with E-state index in [1.54, 1.807) is 25.1 Å². The Bertz CT molecular complexity index is 877. The van der Waals surface area contributed by atoms with Crippen molar-refractivity contribution in [2.45, 2.75) is 13.5 Å². The number of carbonyl (C=O) groups is 2. The second-order valence-corrected chi connectivity index (χ2v) is 5.49. The highest BCUT2D eigenvalue weighted by molar-refractivity contribution is 5.96. The third-order valence-corrected chi connectivity index (χ3v) is 3.70. The van der Waals surface area contributed by atoms with Crippen molar-refractivity contribution in [3.8, 4) is 5.75 Å². The number of ether oxygens (including phenoxy) is 2. The molecule has 0 saturated heterocycles. The van der Waals surface area contributed by atoms with Crippen molar-refractivity contribution >= 4 is 23.3 Å². The van der Waals surface area contributed by atoms with Gasteiger partial charge in [-0.2, -0.15) is 0 Å². The van der Waals surface area contributed by atoms with E-state index in [2.05, 4.69) is 5.32 Å². The van der Waals surface area contributed by atoms with Crippen LogP contribution in [0.5, 0.6) is 5.75 Å². The van der Waals surface area contributed by atoms with Gasteiger partial charge in [0.25, 0.3) is 11.6 Å². The van der Waals surface area contributed by atoms with Crippen molar-refractivity contribution in [3.05, 3.63) is 63.2 Å². The molecule has 1 aliphatic rings. The lowest BCUT2D eigenvalue weighted by molar-refractivity contribution is -0.385. The Morgan fingerprint density at radius 3 is 2.84 bits per heavy atom. The van der Waals surface area contributed by atoms with E-state index in [1.807, 2.05) is 0 Å². The molecule has 3 rings (SSSR count). The van der Waals surface area contributed by atoms with Crippen molar-refractivity contribution in [1.82, 2.24) is 0 Å². The maximum absolute atomic E-state index is 12.0. The van der Waals surface area contributed by atoms with Crippen LogP contribution in [0.25, 0.3) is 0 Å². The summed E-state index contributed by atoms with van der Waals surface area (Å²) in [7, 11) is 0. The third kappa shape index (κ3) is 3.57. The maximum Gasteiger partial charge on any atom is 0.338 e. The molecule has 2 aromatic carbocycles. The van der Waals surface area contributed by atoms with Crippen LogP contribution < -0.4 is 10.1 Å². The zero-order valence-electron chi connectivity index (χ0n) is 13.3. The van der Waals surface area contributed by atoms with Crippen LogP contribution in [0.15, 0.2) is 36.4 Å². The second-order valence-electron chi connectivity index (χ2n) is 5.49. The molecule has 8 nitrogen and oxygen atoms in total. The van der Waals surface area contributed by atoms with Crippen molar-refractivity contribution in [2.24, 2.45) is 0 Å². The number of rotatable bonds is 5. The standard InChI is InChI=1S/C17H14N2O6/c1-10-6-13(3-5-15(10)19(22)23)24-9-16(20)18-12-2-4-14-11(7-12)8-25-17(14)21/h2-7H,8-9H2,1H3,(H,18,20). The minimum Gasteiger partial charge on any atom is -0.484 e. The van der Waals surface area contributed by atoms with Crippen molar-refractivity contribution < 1.29 is 24.0 Å². The number of nitrogens with zero attached hydrogens (tertiary/aromatic N) is 1. The highest BCUT2D eigenvalue weighted by atomic mass is 16.6. The highest BCUT2D eigenvalue weighted by Crippen LogP contribution is 2.24. The first-order valence-corrected chi connectivity index (χ1v) is 7.42. The van der Waals surface area contributed by atoms with Crippen LogP contribution in [0.2, 0.25) is 0 Å². The van der Waals surface area contributed by atoms with Gasteiger partial charge in [-0.3, -0.25) is 14.9 Å². The van der Waals surface area contributed by atoms with Crippen LogP contribution in [-0.4, -0.2) is 23.4 Å². The molecule has 1 amide bonds. The van der Waals surface area contributed by atoms with Crippen LogP contribution in [0.3, 0.4) is 0 Å². The second kappa shape index (κ2) is 6.60. The number of benzene rings is 2. The lowest BCUT2D eigenvalue weighted by Gasteiger charge is -2.09. The molecule has 1 N–H and O–H groups in total. The molecule has 1 aliphatic heterocycles. The van der Waals surface area contributed by atoms with Gasteiger partial charge in [0, 0.05) is 22.9 Å². The van der Waals surface area contributed by atoms with Crippen LogP contribution in [-0.2, 0) is 16.1 Å². The van der Waals surface area contributed by atoms with Crippen LogP contribution in [0.1, 0.15) is 21.5 Å². The van der Waals surface area contributed by atoms with Gasteiger partial charge in [0.05, 0.1) is 10.5 Å². The van der Waals surface area contributed by atoms with Gasteiger partial charge in [-0.1, -0.05) is 0 Å². The minimum atomic E-state index is -0.478. The number of fused-ring (bicyclic) bond motifs is 1. The van der Waals surface area contributed by atoms with Gasteiger partial charge in [0.1, 0.15) is 12.4 Å². The van der Waals surface area contributed by atoms with Crippen molar-refractivity contribution in [3.63, 3.8) is 0 Å². The molecule has 0 aliphatic carbocycles. The quantitative estimate of drug-likeness (QED) is 0.508. The van der Waals surface area contributed by atoms with E-state index in [9.17, 15) is 19.7 Å². The van der Waals surface area contributed by atoms with E-state index in [0.717, 1.165) is 5.56 Å². The first-order valence-electron chi connectivity index (χ1n) is 7.42. The lowest BCUT2D eigenvalue weighted by Crippen LogP contribution is -2.20. The van der Waals surface area contributed by atoms with Crippen molar-refractivity contribution in [1.29, 1.82) is 0 Å². The molecule has 0 unspecified atom stereocenters. The van der Waals surface area contributed by atoms with Gasteiger partial charge in [0.2, 0.25) is 0 Å². The van der Waals surface area contributed by atoms with Gasteiger partial charge in [0.15, 0.2) is 6.61 Å². The summed E-state index contributed by atoms with van der Waals surface area (Å²) >= 11 is 0. The van der Waals surface area contributed by atoms with Gasteiger partial charge in [-0.25, -0.2) is 4.79 Å². The predicted molar refractivity (Wildman–Crippen MR) is 87.5 cm³/mol. The van der Waals surface area contributed by atoms with E-state index in [-0.39, 0.29) is 30.8 Å². The molecule has 0 fully saturated rings. The summed E-state index contributed by atoms with van der Waals surface area (Å²) in [6.07, 6.45) is 0. The number of anilines is 1. The fourth-order valence-corrected chi connectivity index (χ4v) is 2.48. The molecule has 2 aromatic rings. The number of carbonyl (C=O) groups excluding carboxylic acids is 2. The first-order chi connectivity index (χ1) is 11.9. The number of nitro groups is 1. The summed E-state index contributed by atoms with van der Waals surface area (Å²) in [5.41, 5.74) is 2.19. The summed E-state index contributed by atoms with van der Waals surface area (Å²) in [4.78, 5) is 33.6. The minimum absolute atomic E-state index is 0.00768. The molecule has 8 heteroatoms. The highest BCUT2D eigenvalue weighted by Gasteiger charge is 2.21. The number of amides is 1. The first kappa shape index (κ1) is 16.4. The molecular weight excluding hydrogens is 328 g/mol. The topological polar surface area (TPSA) is 108 Å². The molecule has 0 spiro atoms. The molecule has 0 bridgehead atoms. The number of hydrogen-bond donors (Lipinski definition) is 1. The third-order valence-electron chi connectivity index (χ3n) is 3.70. The molecule has 25 heavy (non-hydrogen) atoms. The van der Waals surface area contributed by atoms with Crippen LogP contribution >= 0.6 is 0 Å². The monoisotopic (exact) mass is 342 g/mol. The fraction of sp³-hybridized carbons (Fsp3) is 0.176. The summed E-state index contributed by atoms with van der Waals surface area (Å²) in [5.74, 6) is -0.392. The number of esters is 1. The van der Waals surface area contributed by atoms with E-state index in [1.165, 1.54) is 18.2 Å². The van der Waals surface area contributed by atoms with E-state index in [0.29, 0.717) is 22.6 Å². The van der Waals surface area contributed by atoms with Gasteiger partial charge in [-0.15, -0.1) is 0 Å². The fourth-order valence-electron chi connectivity index (χ4n) is 2.48. The Morgan fingerprint density at radius 2 is 2.12 bits per heavy atom. The molecule has 1 heterocycles. The summed E-state index contributed by atoms with van der Waals surface area (Å²) in [6.45, 7) is 1.54. The van der Waals surface area contributed by atoms with E-state index < -0.39 is 4.92 Å². The SMILES string of the molecule is Cc1cc(OCC(=O)Nc2ccc3c(c2)COC3=O)ccc1[N+](=O)[O-]. The summed E-state index contributed by atoms with van der Waals surface area (Å²) < 4.78 is 10.3. The molecule has 128 valence electrons.